The summed E-state index contributed by atoms with van der Waals surface area (Å²) in [7, 11) is 0. The van der Waals surface area contributed by atoms with E-state index in [-0.39, 0.29) is 0 Å². The summed E-state index contributed by atoms with van der Waals surface area (Å²) in [5, 5.41) is 11.5. The Morgan fingerprint density at radius 2 is 2.75 bits per heavy atom. The zero-order valence-electron chi connectivity index (χ0n) is 4.16. The van der Waals surface area contributed by atoms with Crippen LogP contribution in [-0.4, -0.2) is 10.4 Å². The van der Waals surface area contributed by atoms with Gasteiger partial charge in [0.15, 0.2) is 5.76 Å². The molecule has 0 aliphatic heterocycles. The van der Waals surface area contributed by atoms with Gasteiger partial charge in [0, 0.05) is 6.07 Å². The number of hydroxylamine groups is 1. The highest BCUT2D eigenvalue weighted by Crippen LogP contribution is 1.92. The van der Waals surface area contributed by atoms with Gasteiger partial charge < -0.3 is 9.73 Å². The predicted molar refractivity (Wildman–Crippen MR) is 25.1 cm³/mol. The van der Waals surface area contributed by atoms with Crippen LogP contribution in [0.25, 0.3) is 0 Å². The van der Waals surface area contributed by atoms with Gasteiger partial charge in [0.25, 0.3) is 0 Å². The second-order valence-corrected chi connectivity index (χ2v) is 1.31. The van der Waals surface area contributed by atoms with E-state index >= 15 is 0 Å². The average Bonchev–Trinajstić information content (AvgIpc) is 2.19. The Balaban J connectivity index is 2.50. The normalized spacial score (nSPS) is 9.62. The van der Waals surface area contributed by atoms with Crippen molar-refractivity contribution in [2.75, 3.05) is 0 Å². The maximum atomic E-state index is 8.10. The van der Waals surface area contributed by atoms with Gasteiger partial charge in [-0.3, -0.25) is 0 Å². The fourth-order valence-electron chi connectivity index (χ4n) is 0.411. The summed E-state index contributed by atoms with van der Waals surface area (Å²) < 4.78 is 4.60. The first-order valence-corrected chi connectivity index (χ1v) is 2.20. The van der Waals surface area contributed by atoms with Crippen molar-refractivity contribution in [2.24, 2.45) is 0 Å². The Morgan fingerprint density at radius 3 is 3.25 bits per heavy atom. The number of nitrogens with one attached hydrogen (secondary N) is 1. The minimum atomic E-state index is 0.306. The summed E-state index contributed by atoms with van der Waals surface area (Å²) in [5.74, 6) is 0.618. The first-order valence-electron chi connectivity index (χ1n) is 2.20. The SMILES string of the molecule is ONCc1ccno1. The van der Waals surface area contributed by atoms with Crippen LogP contribution < -0.4 is 5.48 Å². The van der Waals surface area contributed by atoms with Crippen molar-refractivity contribution in [2.45, 2.75) is 6.54 Å². The number of aromatic nitrogens is 1. The van der Waals surface area contributed by atoms with Crippen LogP contribution in [0.4, 0.5) is 0 Å². The fourth-order valence-corrected chi connectivity index (χ4v) is 0.411. The van der Waals surface area contributed by atoms with Crippen LogP contribution in [0.3, 0.4) is 0 Å². The van der Waals surface area contributed by atoms with Crippen LogP contribution in [0.5, 0.6) is 0 Å². The van der Waals surface area contributed by atoms with E-state index < -0.39 is 0 Å². The smallest absolute Gasteiger partial charge is 0.152 e. The van der Waals surface area contributed by atoms with Crippen LogP contribution in [0.15, 0.2) is 16.8 Å². The van der Waals surface area contributed by atoms with Crippen LogP contribution in [0, 0.1) is 0 Å². The third kappa shape index (κ3) is 1.05. The highest BCUT2D eigenvalue weighted by Gasteiger charge is 1.90. The molecule has 0 aromatic carbocycles. The quantitative estimate of drug-likeness (QED) is 0.537. The molecule has 0 spiro atoms. The summed E-state index contributed by atoms with van der Waals surface area (Å²) in [6.07, 6.45) is 1.52. The van der Waals surface area contributed by atoms with E-state index in [1.54, 1.807) is 6.07 Å². The van der Waals surface area contributed by atoms with E-state index in [1.165, 1.54) is 6.20 Å². The Labute approximate surface area is 46.1 Å². The third-order valence-electron chi connectivity index (χ3n) is 0.745. The largest absolute Gasteiger partial charge is 0.360 e. The number of hydrogen-bond donors (Lipinski definition) is 2. The highest BCUT2D eigenvalue weighted by atomic mass is 16.5. The van der Waals surface area contributed by atoms with Crippen molar-refractivity contribution in [3.8, 4) is 0 Å². The molecule has 1 aromatic rings. The molecule has 0 fully saturated rings. The van der Waals surface area contributed by atoms with Crippen molar-refractivity contribution >= 4 is 0 Å². The van der Waals surface area contributed by atoms with Gasteiger partial charge in [-0.05, 0) is 0 Å². The van der Waals surface area contributed by atoms with Gasteiger partial charge in [-0.15, -0.1) is 0 Å². The zero-order valence-corrected chi connectivity index (χ0v) is 4.16. The van der Waals surface area contributed by atoms with Crippen LogP contribution in [0.1, 0.15) is 5.76 Å². The molecule has 0 bridgehead atoms. The molecule has 0 atom stereocenters. The second-order valence-electron chi connectivity index (χ2n) is 1.31. The number of rotatable bonds is 2. The predicted octanol–water partition coefficient (Wildman–Crippen LogP) is 0.153. The molecule has 4 nitrogen and oxygen atoms in total. The lowest BCUT2D eigenvalue weighted by molar-refractivity contribution is 0.150. The first kappa shape index (κ1) is 5.27. The highest BCUT2D eigenvalue weighted by molar-refractivity contribution is 4.90. The Hall–Kier alpha value is -0.870. The van der Waals surface area contributed by atoms with Crippen LogP contribution in [-0.2, 0) is 6.54 Å². The van der Waals surface area contributed by atoms with Gasteiger partial charge in [0.05, 0.1) is 12.7 Å². The molecular weight excluding hydrogens is 108 g/mol. The van der Waals surface area contributed by atoms with Gasteiger partial charge in [0.2, 0.25) is 0 Å². The Bertz CT molecular complexity index is 138. The van der Waals surface area contributed by atoms with Crippen molar-refractivity contribution in [3.63, 3.8) is 0 Å². The molecule has 44 valence electrons. The van der Waals surface area contributed by atoms with Gasteiger partial charge in [-0.2, -0.15) is 5.48 Å². The molecule has 0 saturated carbocycles. The number of hydrogen-bond acceptors (Lipinski definition) is 4. The molecule has 1 aromatic heterocycles. The van der Waals surface area contributed by atoms with Gasteiger partial charge in [-0.25, -0.2) is 0 Å². The summed E-state index contributed by atoms with van der Waals surface area (Å²) in [6, 6.07) is 1.67. The number of nitrogens with zero attached hydrogens (tertiary/aromatic N) is 1. The summed E-state index contributed by atoms with van der Waals surface area (Å²) in [5.41, 5.74) is 1.94. The minimum Gasteiger partial charge on any atom is -0.360 e. The molecule has 2 N–H and O–H groups in total. The lowest BCUT2D eigenvalue weighted by Gasteiger charge is -1.86. The molecule has 0 aliphatic rings. The van der Waals surface area contributed by atoms with E-state index in [1.807, 2.05) is 5.48 Å². The van der Waals surface area contributed by atoms with Gasteiger partial charge in [0.1, 0.15) is 0 Å². The lowest BCUT2D eigenvalue weighted by atomic mass is 10.5. The molecule has 1 heterocycles. The van der Waals surface area contributed by atoms with Crippen molar-refractivity contribution in [1.82, 2.24) is 10.6 Å². The van der Waals surface area contributed by atoms with E-state index in [0.717, 1.165) is 0 Å². The molecule has 0 unspecified atom stereocenters. The topological polar surface area (TPSA) is 58.3 Å². The van der Waals surface area contributed by atoms with Gasteiger partial charge >= 0.3 is 0 Å². The monoisotopic (exact) mass is 114 g/mol. The van der Waals surface area contributed by atoms with Crippen LogP contribution in [0.2, 0.25) is 0 Å². The summed E-state index contributed by atoms with van der Waals surface area (Å²) >= 11 is 0. The van der Waals surface area contributed by atoms with Gasteiger partial charge in [-0.1, -0.05) is 5.16 Å². The maximum Gasteiger partial charge on any atom is 0.152 e. The van der Waals surface area contributed by atoms with E-state index in [4.69, 9.17) is 5.21 Å². The van der Waals surface area contributed by atoms with Crippen molar-refractivity contribution in [1.29, 1.82) is 0 Å². The third-order valence-corrected chi connectivity index (χ3v) is 0.745. The second kappa shape index (κ2) is 2.44. The zero-order chi connectivity index (χ0) is 5.82. The van der Waals surface area contributed by atoms with Crippen molar-refractivity contribution < 1.29 is 9.73 Å². The molecule has 8 heavy (non-hydrogen) atoms. The maximum absolute atomic E-state index is 8.10. The fraction of sp³-hybridized carbons (Fsp3) is 0.250. The molecule has 0 saturated heterocycles. The molecule has 4 heteroatoms. The molecule has 0 radical (unpaired) electrons. The average molecular weight is 114 g/mol. The van der Waals surface area contributed by atoms with E-state index in [0.29, 0.717) is 12.3 Å². The minimum absolute atomic E-state index is 0.306. The summed E-state index contributed by atoms with van der Waals surface area (Å²) in [4.78, 5) is 0. The molecule has 1 rings (SSSR count). The Morgan fingerprint density at radius 1 is 1.88 bits per heavy atom. The van der Waals surface area contributed by atoms with Crippen LogP contribution >= 0.6 is 0 Å². The first-order chi connectivity index (χ1) is 3.93. The van der Waals surface area contributed by atoms with E-state index in [9.17, 15) is 0 Å². The van der Waals surface area contributed by atoms with E-state index in [2.05, 4.69) is 9.68 Å². The molecule has 0 amide bonds. The van der Waals surface area contributed by atoms with Crippen molar-refractivity contribution in [3.05, 3.63) is 18.0 Å². The molecule has 0 aliphatic carbocycles. The summed E-state index contributed by atoms with van der Waals surface area (Å²) in [6.45, 7) is 0.306. The lowest BCUT2D eigenvalue weighted by Crippen LogP contribution is -2.04. The molecular formula is C4H6N2O2. The Kier molecular flexibility index (Phi) is 1.61. The standard InChI is InChI=1S/C4H6N2O2/c7-5-3-4-1-2-6-8-4/h1-2,5,7H,3H2.